The van der Waals surface area contributed by atoms with Crippen molar-refractivity contribution in [2.24, 2.45) is 0 Å². The highest BCUT2D eigenvalue weighted by Gasteiger charge is 2.18. The molecule has 0 saturated heterocycles. The van der Waals surface area contributed by atoms with Crippen LogP contribution in [0.5, 0.6) is 0 Å². The number of aromatic nitrogens is 4. The van der Waals surface area contributed by atoms with Gasteiger partial charge in [0.1, 0.15) is 0 Å². The summed E-state index contributed by atoms with van der Waals surface area (Å²) in [6.07, 6.45) is 0. The maximum absolute atomic E-state index is 13.2. The van der Waals surface area contributed by atoms with E-state index in [1.807, 2.05) is 82.4 Å². The van der Waals surface area contributed by atoms with Gasteiger partial charge in [0, 0.05) is 35.4 Å². The average molecular weight is 418 g/mol. The van der Waals surface area contributed by atoms with Crippen LogP contribution in [0.3, 0.4) is 0 Å². The van der Waals surface area contributed by atoms with E-state index in [1.165, 1.54) is 11.8 Å². The van der Waals surface area contributed by atoms with E-state index in [4.69, 9.17) is 0 Å². The number of carbonyl (C=O) groups is 1. The molecule has 0 fully saturated rings. The number of thioether (sulfide) groups is 1. The number of benzene rings is 2. The van der Waals surface area contributed by atoms with E-state index in [0.717, 1.165) is 28.2 Å². The van der Waals surface area contributed by atoms with Crippen LogP contribution < -0.4 is 4.90 Å². The highest BCUT2D eigenvalue weighted by molar-refractivity contribution is 7.98. The first-order chi connectivity index (χ1) is 14.4. The van der Waals surface area contributed by atoms with Gasteiger partial charge in [0.25, 0.3) is 11.7 Å². The maximum Gasteiger partial charge on any atom is 0.258 e. The lowest BCUT2D eigenvalue weighted by atomic mass is 10.1. The molecule has 4 rings (SSSR count). The highest BCUT2D eigenvalue weighted by Crippen LogP contribution is 2.25. The molecule has 0 N–H and O–H groups in total. The van der Waals surface area contributed by atoms with Gasteiger partial charge in [-0.05, 0) is 56.2 Å². The minimum absolute atomic E-state index is 0.0344. The van der Waals surface area contributed by atoms with E-state index < -0.39 is 0 Å². The standard InChI is InChI=1S/C23H23N5OS/c1-15-8-7-10-19(12-15)27(4)21(29)20-11-6-5-9-18(20)14-30-23-25-22-24-16(2)13-17(3)28(22)26-23/h5-13H,14H2,1-4H3. The monoisotopic (exact) mass is 417 g/mol. The number of carbonyl (C=O) groups excluding carboxylic acids is 1. The summed E-state index contributed by atoms with van der Waals surface area (Å²) in [6.45, 7) is 5.95. The van der Waals surface area contributed by atoms with Gasteiger partial charge in [-0.15, -0.1) is 5.10 Å². The molecule has 0 bridgehead atoms. The summed E-state index contributed by atoms with van der Waals surface area (Å²) < 4.78 is 1.75. The van der Waals surface area contributed by atoms with Crippen LogP contribution in [0.15, 0.2) is 59.8 Å². The predicted molar refractivity (Wildman–Crippen MR) is 120 cm³/mol. The van der Waals surface area contributed by atoms with Gasteiger partial charge in [0.05, 0.1) is 0 Å². The van der Waals surface area contributed by atoms with Crippen molar-refractivity contribution in [3.63, 3.8) is 0 Å². The molecule has 0 spiro atoms. The Morgan fingerprint density at radius 2 is 1.83 bits per heavy atom. The fourth-order valence-electron chi connectivity index (χ4n) is 3.34. The lowest BCUT2D eigenvalue weighted by Crippen LogP contribution is -2.27. The Balaban J connectivity index is 1.56. The second-order valence-corrected chi connectivity index (χ2v) is 8.24. The van der Waals surface area contributed by atoms with E-state index in [9.17, 15) is 4.79 Å². The third-order valence-electron chi connectivity index (χ3n) is 4.90. The Hall–Kier alpha value is -3.19. The summed E-state index contributed by atoms with van der Waals surface area (Å²) in [4.78, 5) is 23.8. The zero-order valence-electron chi connectivity index (χ0n) is 17.5. The van der Waals surface area contributed by atoms with Crippen molar-refractivity contribution in [2.75, 3.05) is 11.9 Å². The topological polar surface area (TPSA) is 63.4 Å². The summed E-state index contributed by atoms with van der Waals surface area (Å²) in [5, 5.41) is 5.19. The van der Waals surface area contributed by atoms with E-state index in [1.54, 1.807) is 9.42 Å². The molecular formula is C23H23N5OS. The van der Waals surface area contributed by atoms with Crippen LogP contribution in [0.2, 0.25) is 0 Å². The van der Waals surface area contributed by atoms with Crippen molar-refractivity contribution >= 4 is 29.1 Å². The molecule has 2 aromatic carbocycles. The fraction of sp³-hybridized carbons (Fsp3) is 0.217. The molecule has 2 heterocycles. The first-order valence-electron chi connectivity index (χ1n) is 9.69. The second-order valence-electron chi connectivity index (χ2n) is 7.29. The molecule has 152 valence electrons. The van der Waals surface area contributed by atoms with Crippen LogP contribution in [-0.4, -0.2) is 32.5 Å². The average Bonchev–Trinajstić information content (AvgIpc) is 3.14. The van der Waals surface area contributed by atoms with E-state index in [2.05, 4.69) is 15.1 Å². The number of hydrogen-bond acceptors (Lipinski definition) is 5. The maximum atomic E-state index is 13.2. The van der Waals surface area contributed by atoms with Gasteiger partial charge in [-0.25, -0.2) is 9.50 Å². The van der Waals surface area contributed by atoms with Crippen LogP contribution in [0.25, 0.3) is 5.78 Å². The molecular weight excluding hydrogens is 394 g/mol. The molecule has 2 aromatic heterocycles. The smallest absolute Gasteiger partial charge is 0.258 e. The van der Waals surface area contributed by atoms with Gasteiger partial charge < -0.3 is 4.90 Å². The molecule has 0 atom stereocenters. The second kappa shape index (κ2) is 8.28. The number of anilines is 1. The zero-order chi connectivity index (χ0) is 21.3. The van der Waals surface area contributed by atoms with Gasteiger partial charge in [0.2, 0.25) is 5.16 Å². The highest BCUT2D eigenvalue weighted by atomic mass is 32.2. The molecule has 0 aliphatic rings. The predicted octanol–water partition coefficient (Wildman–Crippen LogP) is 4.62. The largest absolute Gasteiger partial charge is 0.311 e. The first-order valence-corrected chi connectivity index (χ1v) is 10.7. The molecule has 0 saturated carbocycles. The van der Waals surface area contributed by atoms with Crippen molar-refractivity contribution in [1.82, 2.24) is 19.6 Å². The number of nitrogens with zero attached hydrogens (tertiary/aromatic N) is 5. The third-order valence-corrected chi connectivity index (χ3v) is 5.78. The molecule has 0 aliphatic heterocycles. The minimum Gasteiger partial charge on any atom is -0.311 e. The van der Waals surface area contributed by atoms with Crippen LogP contribution >= 0.6 is 11.8 Å². The van der Waals surface area contributed by atoms with Gasteiger partial charge >= 0.3 is 0 Å². The van der Waals surface area contributed by atoms with Crippen molar-refractivity contribution in [3.05, 3.63) is 82.7 Å². The van der Waals surface area contributed by atoms with Crippen molar-refractivity contribution in [3.8, 4) is 0 Å². The van der Waals surface area contributed by atoms with Gasteiger partial charge in [-0.2, -0.15) is 4.98 Å². The molecule has 30 heavy (non-hydrogen) atoms. The van der Waals surface area contributed by atoms with Crippen molar-refractivity contribution in [1.29, 1.82) is 0 Å². The molecule has 4 aromatic rings. The Labute approximate surface area is 180 Å². The first kappa shape index (κ1) is 20.1. The Morgan fingerprint density at radius 3 is 2.63 bits per heavy atom. The van der Waals surface area contributed by atoms with Crippen LogP contribution in [-0.2, 0) is 5.75 Å². The Kier molecular flexibility index (Phi) is 5.55. The molecule has 6 nitrogen and oxygen atoms in total. The molecule has 7 heteroatoms. The lowest BCUT2D eigenvalue weighted by Gasteiger charge is -2.19. The number of aryl methyl sites for hydroxylation is 3. The SMILES string of the molecule is Cc1cccc(N(C)C(=O)c2ccccc2CSc2nc3nc(C)cc(C)n3n2)c1. The summed E-state index contributed by atoms with van der Waals surface area (Å²) >= 11 is 1.50. The van der Waals surface area contributed by atoms with E-state index >= 15 is 0 Å². The van der Waals surface area contributed by atoms with Crippen LogP contribution in [0.1, 0.15) is 32.9 Å². The number of hydrogen-bond donors (Lipinski definition) is 0. The normalized spacial score (nSPS) is 11.1. The van der Waals surface area contributed by atoms with Crippen LogP contribution in [0, 0.1) is 20.8 Å². The number of fused-ring (bicyclic) bond motifs is 1. The van der Waals surface area contributed by atoms with Gasteiger partial charge in [-0.1, -0.05) is 42.1 Å². The quantitative estimate of drug-likeness (QED) is 0.444. The van der Waals surface area contributed by atoms with E-state index in [0.29, 0.717) is 22.3 Å². The number of rotatable bonds is 5. The summed E-state index contributed by atoms with van der Waals surface area (Å²) in [6, 6.07) is 17.6. The summed E-state index contributed by atoms with van der Waals surface area (Å²) in [5.74, 6) is 1.16. The summed E-state index contributed by atoms with van der Waals surface area (Å²) in [5.41, 5.74) is 5.54. The van der Waals surface area contributed by atoms with E-state index in [-0.39, 0.29) is 5.91 Å². The Morgan fingerprint density at radius 1 is 1.03 bits per heavy atom. The summed E-state index contributed by atoms with van der Waals surface area (Å²) in [7, 11) is 1.81. The minimum atomic E-state index is -0.0344. The number of amides is 1. The molecule has 0 radical (unpaired) electrons. The Bertz CT molecular complexity index is 1230. The molecule has 0 unspecified atom stereocenters. The van der Waals surface area contributed by atoms with Crippen molar-refractivity contribution < 1.29 is 4.79 Å². The molecule has 1 amide bonds. The molecule has 0 aliphatic carbocycles. The van der Waals surface area contributed by atoms with Gasteiger partial charge in [-0.3, -0.25) is 4.79 Å². The fourth-order valence-corrected chi connectivity index (χ4v) is 4.16. The zero-order valence-corrected chi connectivity index (χ0v) is 18.3. The van der Waals surface area contributed by atoms with Crippen LogP contribution in [0.4, 0.5) is 5.69 Å². The van der Waals surface area contributed by atoms with Crippen molar-refractivity contribution in [2.45, 2.75) is 31.7 Å². The van der Waals surface area contributed by atoms with Gasteiger partial charge in [0.15, 0.2) is 0 Å². The third kappa shape index (κ3) is 4.07. The lowest BCUT2D eigenvalue weighted by molar-refractivity contribution is 0.0992.